The summed E-state index contributed by atoms with van der Waals surface area (Å²) in [6, 6.07) is 19.7. The van der Waals surface area contributed by atoms with Crippen molar-refractivity contribution in [2.75, 3.05) is 5.73 Å². The van der Waals surface area contributed by atoms with Gasteiger partial charge < -0.3 is 14.9 Å². The number of ether oxygens (including phenoxy) is 1. The van der Waals surface area contributed by atoms with Crippen molar-refractivity contribution < 1.29 is 9.15 Å². The van der Waals surface area contributed by atoms with Crippen LogP contribution in [0.5, 0.6) is 11.5 Å². The number of fused-ring (bicyclic) bond motifs is 2. The van der Waals surface area contributed by atoms with Gasteiger partial charge in [0, 0.05) is 6.07 Å². The van der Waals surface area contributed by atoms with E-state index >= 15 is 0 Å². The zero-order chi connectivity index (χ0) is 15.8. The standard InChI is InChI=1S/C19H13NO3/c20-15-10-14-17(11-18(15)22-12-6-2-1-3-7-12)23-16-9-5-4-8-13(16)19(14)21/h1-11H,20H2. The normalized spacial score (nSPS) is 11.0. The average Bonchev–Trinajstić information content (AvgIpc) is 2.58. The van der Waals surface area contributed by atoms with Crippen LogP contribution in [0.3, 0.4) is 0 Å². The minimum Gasteiger partial charge on any atom is -0.456 e. The Morgan fingerprint density at radius 3 is 2.39 bits per heavy atom. The van der Waals surface area contributed by atoms with Gasteiger partial charge in [0.05, 0.1) is 16.5 Å². The fourth-order valence-corrected chi connectivity index (χ4v) is 2.55. The quantitative estimate of drug-likeness (QED) is 0.442. The van der Waals surface area contributed by atoms with E-state index in [-0.39, 0.29) is 5.43 Å². The van der Waals surface area contributed by atoms with Gasteiger partial charge in [-0.05, 0) is 30.3 Å². The molecule has 4 nitrogen and oxygen atoms in total. The maximum atomic E-state index is 12.6. The first-order valence-electron chi connectivity index (χ1n) is 7.20. The molecule has 1 aromatic heterocycles. The third kappa shape index (κ3) is 2.30. The molecule has 112 valence electrons. The molecule has 4 aromatic rings. The Labute approximate surface area is 131 Å². The van der Waals surface area contributed by atoms with Gasteiger partial charge in [-0.1, -0.05) is 30.3 Å². The first-order chi connectivity index (χ1) is 11.2. The van der Waals surface area contributed by atoms with Gasteiger partial charge in [0.15, 0.2) is 5.75 Å². The number of rotatable bonds is 2. The van der Waals surface area contributed by atoms with Crippen LogP contribution in [-0.4, -0.2) is 0 Å². The van der Waals surface area contributed by atoms with Gasteiger partial charge in [-0.3, -0.25) is 4.79 Å². The Morgan fingerprint density at radius 1 is 0.826 bits per heavy atom. The highest BCUT2D eigenvalue weighted by atomic mass is 16.5. The van der Waals surface area contributed by atoms with Crippen molar-refractivity contribution in [1.82, 2.24) is 0 Å². The van der Waals surface area contributed by atoms with E-state index in [4.69, 9.17) is 14.9 Å². The zero-order valence-electron chi connectivity index (χ0n) is 12.2. The summed E-state index contributed by atoms with van der Waals surface area (Å²) in [5, 5.41) is 0.984. The van der Waals surface area contributed by atoms with Gasteiger partial charge in [-0.15, -0.1) is 0 Å². The molecule has 4 rings (SSSR count). The molecule has 23 heavy (non-hydrogen) atoms. The van der Waals surface area contributed by atoms with Gasteiger partial charge >= 0.3 is 0 Å². The second kappa shape index (κ2) is 5.18. The van der Waals surface area contributed by atoms with Crippen LogP contribution in [0.15, 0.2) is 75.9 Å². The second-order valence-corrected chi connectivity index (χ2v) is 5.23. The van der Waals surface area contributed by atoms with Crippen LogP contribution in [0.4, 0.5) is 5.69 Å². The minimum absolute atomic E-state index is 0.0974. The summed E-state index contributed by atoms with van der Waals surface area (Å²) in [5.41, 5.74) is 7.33. The van der Waals surface area contributed by atoms with Crippen LogP contribution < -0.4 is 15.9 Å². The molecule has 0 amide bonds. The number of hydrogen-bond donors (Lipinski definition) is 1. The van der Waals surface area contributed by atoms with Crippen molar-refractivity contribution in [2.24, 2.45) is 0 Å². The lowest BCUT2D eigenvalue weighted by Gasteiger charge is -2.10. The summed E-state index contributed by atoms with van der Waals surface area (Å²) in [5.74, 6) is 1.13. The fraction of sp³-hybridized carbons (Fsp3) is 0. The molecule has 0 radical (unpaired) electrons. The molecule has 0 fully saturated rings. The number of para-hydroxylation sites is 2. The van der Waals surface area contributed by atoms with Gasteiger partial charge in [-0.2, -0.15) is 0 Å². The lowest BCUT2D eigenvalue weighted by molar-refractivity contribution is 0.484. The van der Waals surface area contributed by atoms with E-state index in [1.807, 2.05) is 36.4 Å². The molecule has 0 unspecified atom stereocenters. The highest BCUT2D eigenvalue weighted by Gasteiger charge is 2.11. The van der Waals surface area contributed by atoms with Gasteiger partial charge in [-0.25, -0.2) is 0 Å². The predicted octanol–water partition coefficient (Wildman–Crippen LogP) is 4.32. The van der Waals surface area contributed by atoms with Crippen LogP contribution in [0.1, 0.15) is 0 Å². The molecule has 0 bridgehead atoms. The molecule has 0 spiro atoms. The van der Waals surface area contributed by atoms with E-state index in [1.54, 1.807) is 30.3 Å². The Kier molecular flexibility index (Phi) is 3.01. The predicted molar refractivity (Wildman–Crippen MR) is 90.9 cm³/mol. The van der Waals surface area contributed by atoms with E-state index in [2.05, 4.69) is 0 Å². The average molecular weight is 303 g/mol. The third-order valence-corrected chi connectivity index (χ3v) is 3.68. The molecule has 0 atom stereocenters. The SMILES string of the molecule is Nc1cc2c(=O)c3ccccc3oc2cc1Oc1ccccc1. The highest BCUT2D eigenvalue weighted by Crippen LogP contribution is 2.32. The largest absolute Gasteiger partial charge is 0.456 e. The summed E-state index contributed by atoms with van der Waals surface area (Å²) in [7, 11) is 0. The first-order valence-corrected chi connectivity index (χ1v) is 7.20. The zero-order valence-corrected chi connectivity index (χ0v) is 12.2. The molecule has 0 saturated carbocycles. The maximum Gasteiger partial charge on any atom is 0.200 e. The van der Waals surface area contributed by atoms with E-state index in [0.29, 0.717) is 39.1 Å². The maximum absolute atomic E-state index is 12.6. The summed E-state index contributed by atoms with van der Waals surface area (Å²) >= 11 is 0. The van der Waals surface area contributed by atoms with Crippen LogP contribution >= 0.6 is 0 Å². The van der Waals surface area contributed by atoms with E-state index in [9.17, 15) is 4.79 Å². The number of benzene rings is 3. The van der Waals surface area contributed by atoms with Gasteiger partial charge in [0.2, 0.25) is 5.43 Å². The molecule has 1 heterocycles. The molecule has 0 aliphatic rings. The smallest absolute Gasteiger partial charge is 0.200 e. The number of nitrogen functional groups attached to an aromatic ring is 1. The minimum atomic E-state index is -0.0974. The molecule has 3 aromatic carbocycles. The molecular formula is C19H13NO3. The number of nitrogens with two attached hydrogens (primary N) is 1. The number of hydrogen-bond acceptors (Lipinski definition) is 4. The lowest BCUT2D eigenvalue weighted by atomic mass is 10.1. The molecule has 4 heteroatoms. The molecule has 0 aliphatic carbocycles. The first kappa shape index (κ1) is 13.4. The van der Waals surface area contributed by atoms with Crippen molar-refractivity contribution in [1.29, 1.82) is 0 Å². The van der Waals surface area contributed by atoms with Crippen LogP contribution in [0.25, 0.3) is 21.9 Å². The van der Waals surface area contributed by atoms with Crippen molar-refractivity contribution in [3.8, 4) is 11.5 Å². The molecule has 2 N–H and O–H groups in total. The van der Waals surface area contributed by atoms with Crippen molar-refractivity contribution in [3.05, 3.63) is 77.0 Å². The third-order valence-electron chi connectivity index (χ3n) is 3.68. The summed E-state index contributed by atoms with van der Waals surface area (Å²) in [4.78, 5) is 12.6. The topological polar surface area (TPSA) is 65.5 Å². The highest BCUT2D eigenvalue weighted by molar-refractivity contribution is 5.92. The number of anilines is 1. The van der Waals surface area contributed by atoms with Crippen LogP contribution in [-0.2, 0) is 0 Å². The van der Waals surface area contributed by atoms with Crippen molar-refractivity contribution in [3.63, 3.8) is 0 Å². The Hall–Kier alpha value is -3.27. The van der Waals surface area contributed by atoms with Crippen molar-refractivity contribution in [2.45, 2.75) is 0 Å². The lowest BCUT2D eigenvalue weighted by Crippen LogP contribution is -2.03. The summed E-state index contributed by atoms with van der Waals surface area (Å²) in [6.07, 6.45) is 0. The van der Waals surface area contributed by atoms with E-state index < -0.39 is 0 Å². The Balaban J connectivity index is 1.93. The van der Waals surface area contributed by atoms with Crippen LogP contribution in [0, 0.1) is 0 Å². The second-order valence-electron chi connectivity index (χ2n) is 5.23. The van der Waals surface area contributed by atoms with Crippen molar-refractivity contribution >= 4 is 27.6 Å². The fourth-order valence-electron chi connectivity index (χ4n) is 2.55. The molecular weight excluding hydrogens is 290 g/mol. The summed E-state index contributed by atoms with van der Waals surface area (Å²) < 4.78 is 11.6. The summed E-state index contributed by atoms with van der Waals surface area (Å²) in [6.45, 7) is 0. The van der Waals surface area contributed by atoms with Gasteiger partial charge in [0.1, 0.15) is 16.9 Å². The Bertz CT molecular complexity index is 1070. The Morgan fingerprint density at radius 2 is 1.57 bits per heavy atom. The van der Waals surface area contributed by atoms with E-state index in [0.717, 1.165) is 0 Å². The molecule has 0 aliphatic heterocycles. The van der Waals surface area contributed by atoms with Crippen LogP contribution in [0.2, 0.25) is 0 Å². The van der Waals surface area contributed by atoms with Gasteiger partial charge in [0.25, 0.3) is 0 Å². The molecule has 0 saturated heterocycles. The van der Waals surface area contributed by atoms with E-state index in [1.165, 1.54) is 0 Å². The monoisotopic (exact) mass is 303 g/mol.